The maximum Gasteiger partial charge on any atom is 0.124 e. The van der Waals surface area contributed by atoms with Gasteiger partial charge in [-0.05, 0) is 59.0 Å². The minimum absolute atomic E-state index is 0.234. The van der Waals surface area contributed by atoms with Gasteiger partial charge in [-0.3, -0.25) is 0 Å². The number of hydrogen-bond acceptors (Lipinski definition) is 1. The van der Waals surface area contributed by atoms with E-state index in [9.17, 15) is 9.50 Å². The van der Waals surface area contributed by atoms with Gasteiger partial charge in [0.25, 0.3) is 0 Å². The van der Waals surface area contributed by atoms with Crippen molar-refractivity contribution >= 4 is 22.6 Å². The van der Waals surface area contributed by atoms with Crippen LogP contribution in [0, 0.1) is 15.3 Å². The van der Waals surface area contributed by atoms with Gasteiger partial charge >= 0.3 is 0 Å². The Morgan fingerprint density at radius 3 is 2.60 bits per heavy atom. The van der Waals surface area contributed by atoms with E-state index in [1.807, 2.05) is 0 Å². The average molecular weight is 320 g/mol. The number of rotatable bonds is 2. The standard InChI is InChI=1S/C12H14FIO/c13-9-5-6-10(11(14)7-9)12(15)8-3-1-2-4-8/h5-8,12,15H,1-4H2. The molecule has 0 saturated heterocycles. The zero-order chi connectivity index (χ0) is 10.8. The monoisotopic (exact) mass is 320 g/mol. The van der Waals surface area contributed by atoms with Gasteiger partial charge in [-0.2, -0.15) is 0 Å². The zero-order valence-corrected chi connectivity index (χ0v) is 10.6. The molecule has 1 nitrogen and oxygen atoms in total. The molecule has 1 unspecified atom stereocenters. The molecule has 2 rings (SSSR count). The summed E-state index contributed by atoms with van der Waals surface area (Å²) in [5.74, 6) is 0.130. The second kappa shape index (κ2) is 4.78. The number of aliphatic hydroxyl groups is 1. The highest BCUT2D eigenvalue weighted by Gasteiger charge is 2.25. The summed E-state index contributed by atoms with van der Waals surface area (Å²) in [5.41, 5.74) is 0.879. The summed E-state index contributed by atoms with van der Waals surface area (Å²) in [4.78, 5) is 0. The Balaban J connectivity index is 2.20. The van der Waals surface area contributed by atoms with Crippen LogP contribution in [0.5, 0.6) is 0 Å². The van der Waals surface area contributed by atoms with Crippen LogP contribution >= 0.6 is 22.6 Å². The lowest BCUT2D eigenvalue weighted by Gasteiger charge is -2.19. The van der Waals surface area contributed by atoms with E-state index in [1.54, 1.807) is 6.07 Å². The summed E-state index contributed by atoms with van der Waals surface area (Å²) in [6.45, 7) is 0. The molecule has 0 spiro atoms. The van der Waals surface area contributed by atoms with Crippen molar-refractivity contribution in [3.8, 4) is 0 Å². The lowest BCUT2D eigenvalue weighted by Crippen LogP contribution is -2.10. The molecule has 1 N–H and O–H groups in total. The van der Waals surface area contributed by atoms with E-state index >= 15 is 0 Å². The molecule has 0 radical (unpaired) electrons. The SMILES string of the molecule is OC(c1ccc(F)cc1I)C1CCCC1. The molecule has 1 aliphatic carbocycles. The molecule has 82 valence electrons. The van der Waals surface area contributed by atoms with Crippen LogP contribution in [0.25, 0.3) is 0 Å². The molecule has 1 aliphatic rings. The van der Waals surface area contributed by atoms with Crippen LogP contribution in [-0.4, -0.2) is 5.11 Å². The third-order valence-electron chi connectivity index (χ3n) is 3.13. The number of halogens is 2. The quantitative estimate of drug-likeness (QED) is 0.825. The predicted molar refractivity (Wildman–Crippen MR) is 66.0 cm³/mol. The van der Waals surface area contributed by atoms with Gasteiger partial charge in [0.05, 0.1) is 6.10 Å². The van der Waals surface area contributed by atoms with Gasteiger partial charge in [-0.1, -0.05) is 18.9 Å². The fraction of sp³-hybridized carbons (Fsp3) is 0.500. The van der Waals surface area contributed by atoms with Gasteiger partial charge in [0, 0.05) is 3.57 Å². The smallest absolute Gasteiger partial charge is 0.124 e. The largest absolute Gasteiger partial charge is 0.388 e. The van der Waals surface area contributed by atoms with Gasteiger partial charge in [-0.15, -0.1) is 0 Å². The van der Waals surface area contributed by atoms with Crippen molar-refractivity contribution in [1.82, 2.24) is 0 Å². The highest BCUT2D eigenvalue weighted by molar-refractivity contribution is 14.1. The molecule has 3 heteroatoms. The fourth-order valence-electron chi connectivity index (χ4n) is 2.27. The minimum atomic E-state index is -0.417. The molecular formula is C12H14FIO. The Hall–Kier alpha value is -0.160. The van der Waals surface area contributed by atoms with Gasteiger partial charge < -0.3 is 5.11 Å². The third-order valence-corrected chi connectivity index (χ3v) is 4.06. The highest BCUT2D eigenvalue weighted by Crippen LogP contribution is 2.37. The Labute approximate surface area is 103 Å². The maximum atomic E-state index is 12.9. The van der Waals surface area contributed by atoms with E-state index in [1.165, 1.54) is 25.0 Å². The van der Waals surface area contributed by atoms with E-state index in [-0.39, 0.29) is 5.82 Å². The average Bonchev–Trinajstić information content (AvgIpc) is 2.69. The van der Waals surface area contributed by atoms with Gasteiger partial charge in [0.15, 0.2) is 0 Å². The number of benzene rings is 1. The molecule has 15 heavy (non-hydrogen) atoms. The van der Waals surface area contributed by atoms with Crippen LogP contribution in [-0.2, 0) is 0 Å². The van der Waals surface area contributed by atoms with Crippen LogP contribution in [0.15, 0.2) is 18.2 Å². The molecule has 0 amide bonds. The first-order valence-electron chi connectivity index (χ1n) is 5.31. The minimum Gasteiger partial charge on any atom is -0.388 e. The molecule has 0 bridgehead atoms. The first-order valence-corrected chi connectivity index (χ1v) is 6.39. The van der Waals surface area contributed by atoms with Crippen molar-refractivity contribution in [2.45, 2.75) is 31.8 Å². The van der Waals surface area contributed by atoms with Crippen LogP contribution in [0.1, 0.15) is 37.4 Å². The third kappa shape index (κ3) is 2.50. The van der Waals surface area contributed by atoms with Crippen LogP contribution in [0.4, 0.5) is 4.39 Å². The van der Waals surface area contributed by atoms with E-state index in [0.717, 1.165) is 22.0 Å². The molecule has 1 aromatic carbocycles. The predicted octanol–water partition coefficient (Wildman–Crippen LogP) is 3.65. The first-order chi connectivity index (χ1) is 7.18. The lowest BCUT2D eigenvalue weighted by molar-refractivity contribution is 0.111. The molecule has 1 fully saturated rings. The summed E-state index contributed by atoms with van der Waals surface area (Å²) >= 11 is 2.09. The fourth-order valence-corrected chi connectivity index (χ4v) is 3.06. The van der Waals surface area contributed by atoms with Crippen molar-refractivity contribution in [3.05, 3.63) is 33.1 Å². The summed E-state index contributed by atoms with van der Waals surface area (Å²) in [7, 11) is 0. The topological polar surface area (TPSA) is 20.2 Å². The van der Waals surface area contributed by atoms with E-state index < -0.39 is 6.10 Å². The molecule has 1 saturated carbocycles. The zero-order valence-electron chi connectivity index (χ0n) is 8.42. The van der Waals surface area contributed by atoms with Gasteiger partial charge in [-0.25, -0.2) is 4.39 Å². The highest BCUT2D eigenvalue weighted by atomic mass is 127. The van der Waals surface area contributed by atoms with E-state index in [0.29, 0.717) is 5.92 Å². The Bertz CT molecular complexity index is 347. The van der Waals surface area contributed by atoms with Crippen LogP contribution in [0.2, 0.25) is 0 Å². The van der Waals surface area contributed by atoms with Crippen LogP contribution < -0.4 is 0 Å². The Morgan fingerprint density at radius 1 is 1.33 bits per heavy atom. The van der Waals surface area contributed by atoms with Crippen molar-refractivity contribution in [3.63, 3.8) is 0 Å². The summed E-state index contributed by atoms with van der Waals surface area (Å²) in [6.07, 6.45) is 4.18. The van der Waals surface area contributed by atoms with Crippen molar-refractivity contribution in [2.75, 3.05) is 0 Å². The van der Waals surface area contributed by atoms with Crippen molar-refractivity contribution < 1.29 is 9.50 Å². The summed E-state index contributed by atoms with van der Waals surface area (Å²) in [5, 5.41) is 10.2. The van der Waals surface area contributed by atoms with Crippen molar-refractivity contribution in [2.24, 2.45) is 5.92 Å². The second-order valence-electron chi connectivity index (χ2n) is 4.16. The lowest BCUT2D eigenvalue weighted by atomic mass is 9.94. The molecule has 1 aromatic rings. The van der Waals surface area contributed by atoms with Crippen LogP contribution in [0.3, 0.4) is 0 Å². The Morgan fingerprint density at radius 2 is 2.00 bits per heavy atom. The van der Waals surface area contributed by atoms with Gasteiger partial charge in [0.1, 0.15) is 5.82 Å². The molecule has 0 heterocycles. The number of hydrogen-bond donors (Lipinski definition) is 1. The molecule has 1 atom stereocenters. The maximum absolute atomic E-state index is 12.9. The summed E-state index contributed by atoms with van der Waals surface area (Å²) in [6, 6.07) is 4.61. The van der Waals surface area contributed by atoms with E-state index in [2.05, 4.69) is 22.6 Å². The molecular weight excluding hydrogens is 306 g/mol. The second-order valence-corrected chi connectivity index (χ2v) is 5.32. The molecule has 0 aromatic heterocycles. The Kier molecular flexibility index (Phi) is 3.61. The number of aliphatic hydroxyl groups excluding tert-OH is 1. The van der Waals surface area contributed by atoms with Gasteiger partial charge in [0.2, 0.25) is 0 Å². The normalized spacial score (nSPS) is 19.4. The van der Waals surface area contributed by atoms with Crippen molar-refractivity contribution in [1.29, 1.82) is 0 Å². The summed E-state index contributed by atoms with van der Waals surface area (Å²) < 4.78 is 13.7. The molecule has 0 aliphatic heterocycles. The first kappa shape index (κ1) is 11.3. The van der Waals surface area contributed by atoms with E-state index in [4.69, 9.17) is 0 Å².